The first-order valence-corrected chi connectivity index (χ1v) is 8.21. The summed E-state index contributed by atoms with van der Waals surface area (Å²) >= 11 is 0. The molecule has 0 unspecified atom stereocenters. The molecule has 0 fully saturated rings. The van der Waals surface area contributed by atoms with Gasteiger partial charge in [-0.3, -0.25) is 0 Å². The predicted octanol–water partition coefficient (Wildman–Crippen LogP) is 3.87. The first-order chi connectivity index (χ1) is 9.99. The molecule has 1 aromatic rings. The van der Waals surface area contributed by atoms with E-state index in [1.807, 2.05) is 12.1 Å². The van der Waals surface area contributed by atoms with Gasteiger partial charge in [0.25, 0.3) is 0 Å². The molecule has 0 aromatic heterocycles. The molecule has 0 radical (unpaired) electrons. The Kier molecular flexibility index (Phi) is 8.21. The van der Waals surface area contributed by atoms with Crippen LogP contribution in [0.5, 0.6) is 5.75 Å². The summed E-state index contributed by atoms with van der Waals surface area (Å²) < 4.78 is 5.70. The second-order valence-corrected chi connectivity index (χ2v) is 6.61. The second kappa shape index (κ2) is 9.67. The van der Waals surface area contributed by atoms with E-state index in [1.54, 1.807) is 0 Å². The quantitative estimate of drug-likeness (QED) is 0.508. The number of benzene rings is 1. The fourth-order valence-electron chi connectivity index (χ4n) is 2.07. The van der Waals surface area contributed by atoms with Crippen LogP contribution in [0.3, 0.4) is 0 Å². The number of hydrogen-bond donors (Lipinski definition) is 2. The Hall–Kier alpha value is -1.22. The normalized spacial score (nSPS) is 11.3. The van der Waals surface area contributed by atoms with Crippen LogP contribution in [-0.4, -0.2) is 19.7 Å². The number of ether oxygens (including phenoxy) is 1. The minimum absolute atomic E-state index is 0.515. The summed E-state index contributed by atoms with van der Waals surface area (Å²) in [5.74, 6) is 2.10. The second-order valence-electron chi connectivity index (χ2n) is 6.61. The molecule has 0 spiro atoms. The van der Waals surface area contributed by atoms with E-state index in [2.05, 4.69) is 39.1 Å². The third kappa shape index (κ3) is 7.96. The fraction of sp³-hybridized carbons (Fsp3) is 0.667. The van der Waals surface area contributed by atoms with Gasteiger partial charge >= 0.3 is 0 Å². The Morgan fingerprint density at radius 3 is 2.48 bits per heavy atom. The summed E-state index contributed by atoms with van der Waals surface area (Å²) in [6, 6.07) is 6.17. The number of nitrogen functional groups attached to an aromatic ring is 1. The molecule has 3 heteroatoms. The Morgan fingerprint density at radius 2 is 1.86 bits per heavy atom. The van der Waals surface area contributed by atoms with Gasteiger partial charge in [0.1, 0.15) is 5.75 Å². The molecule has 0 saturated heterocycles. The number of hydrogen-bond acceptors (Lipinski definition) is 3. The molecule has 1 rings (SSSR count). The zero-order valence-electron chi connectivity index (χ0n) is 14.1. The van der Waals surface area contributed by atoms with Crippen LogP contribution < -0.4 is 15.8 Å². The van der Waals surface area contributed by atoms with E-state index in [9.17, 15) is 0 Å². The van der Waals surface area contributed by atoms with Gasteiger partial charge in [-0.1, -0.05) is 33.8 Å². The smallest absolute Gasteiger partial charge is 0.142 e. The molecule has 3 N–H and O–H groups in total. The lowest BCUT2D eigenvalue weighted by Gasteiger charge is -2.12. The van der Waals surface area contributed by atoms with Crippen LogP contribution in [0.25, 0.3) is 0 Å². The maximum Gasteiger partial charge on any atom is 0.142 e. The molecule has 0 bridgehead atoms. The summed E-state index contributed by atoms with van der Waals surface area (Å²) in [6.45, 7) is 11.7. The van der Waals surface area contributed by atoms with Gasteiger partial charge < -0.3 is 15.8 Å². The van der Waals surface area contributed by atoms with Crippen LogP contribution in [0.4, 0.5) is 5.69 Å². The molecule has 21 heavy (non-hydrogen) atoms. The van der Waals surface area contributed by atoms with E-state index in [-0.39, 0.29) is 0 Å². The summed E-state index contributed by atoms with van der Waals surface area (Å²) in [7, 11) is 0. The first kappa shape index (κ1) is 17.8. The SMILES string of the molecule is CC(C)CCNCCCc1ccc(OCC(C)C)c(N)c1. The fourth-order valence-corrected chi connectivity index (χ4v) is 2.07. The lowest BCUT2D eigenvalue weighted by atomic mass is 10.1. The summed E-state index contributed by atoms with van der Waals surface area (Å²) in [5.41, 5.74) is 8.09. The highest BCUT2D eigenvalue weighted by atomic mass is 16.5. The molecule has 0 amide bonds. The van der Waals surface area contributed by atoms with Crippen LogP contribution in [0, 0.1) is 11.8 Å². The zero-order chi connectivity index (χ0) is 15.7. The van der Waals surface area contributed by atoms with Gasteiger partial charge in [0, 0.05) is 0 Å². The van der Waals surface area contributed by atoms with Crippen molar-refractivity contribution in [2.75, 3.05) is 25.4 Å². The summed E-state index contributed by atoms with van der Waals surface area (Å²) in [5, 5.41) is 3.49. The monoisotopic (exact) mass is 292 g/mol. The third-order valence-corrected chi connectivity index (χ3v) is 3.36. The van der Waals surface area contributed by atoms with Crippen molar-refractivity contribution in [2.45, 2.75) is 47.0 Å². The Morgan fingerprint density at radius 1 is 1.10 bits per heavy atom. The molecule has 0 aliphatic rings. The molecule has 1 aromatic carbocycles. The van der Waals surface area contributed by atoms with Crippen LogP contribution in [-0.2, 0) is 6.42 Å². The van der Waals surface area contributed by atoms with E-state index in [0.717, 1.165) is 43.3 Å². The molecule has 0 saturated carbocycles. The van der Waals surface area contributed by atoms with E-state index < -0.39 is 0 Å². The van der Waals surface area contributed by atoms with Crippen molar-refractivity contribution in [3.8, 4) is 5.75 Å². The van der Waals surface area contributed by atoms with Gasteiger partial charge in [0.15, 0.2) is 0 Å². The van der Waals surface area contributed by atoms with Crippen LogP contribution in [0.15, 0.2) is 18.2 Å². The lowest BCUT2D eigenvalue weighted by Crippen LogP contribution is -2.18. The van der Waals surface area contributed by atoms with Crippen molar-refractivity contribution < 1.29 is 4.74 Å². The third-order valence-electron chi connectivity index (χ3n) is 3.36. The molecule has 0 atom stereocenters. The van der Waals surface area contributed by atoms with E-state index in [1.165, 1.54) is 12.0 Å². The molecular weight excluding hydrogens is 260 g/mol. The van der Waals surface area contributed by atoms with Crippen molar-refractivity contribution in [1.82, 2.24) is 5.32 Å². The van der Waals surface area contributed by atoms with Crippen molar-refractivity contribution in [3.63, 3.8) is 0 Å². The lowest BCUT2D eigenvalue weighted by molar-refractivity contribution is 0.272. The Bertz CT molecular complexity index is 402. The van der Waals surface area contributed by atoms with Crippen LogP contribution in [0.1, 0.15) is 46.1 Å². The molecule has 3 nitrogen and oxygen atoms in total. The average Bonchev–Trinajstić information content (AvgIpc) is 2.41. The highest BCUT2D eigenvalue weighted by molar-refractivity contribution is 5.54. The minimum atomic E-state index is 0.515. The average molecular weight is 292 g/mol. The number of nitrogens with one attached hydrogen (secondary N) is 1. The molecule has 0 aliphatic carbocycles. The van der Waals surface area contributed by atoms with Gasteiger partial charge in [-0.15, -0.1) is 0 Å². The van der Waals surface area contributed by atoms with Gasteiger partial charge in [0.05, 0.1) is 12.3 Å². The number of nitrogens with two attached hydrogens (primary N) is 1. The van der Waals surface area contributed by atoms with E-state index in [4.69, 9.17) is 10.5 Å². The van der Waals surface area contributed by atoms with Crippen molar-refractivity contribution in [2.24, 2.45) is 11.8 Å². The van der Waals surface area contributed by atoms with Gasteiger partial charge in [-0.25, -0.2) is 0 Å². The number of anilines is 1. The largest absolute Gasteiger partial charge is 0.491 e. The van der Waals surface area contributed by atoms with Crippen molar-refractivity contribution in [3.05, 3.63) is 23.8 Å². The van der Waals surface area contributed by atoms with Crippen molar-refractivity contribution in [1.29, 1.82) is 0 Å². The maximum atomic E-state index is 6.05. The maximum absolute atomic E-state index is 6.05. The first-order valence-electron chi connectivity index (χ1n) is 8.21. The van der Waals surface area contributed by atoms with E-state index in [0.29, 0.717) is 12.5 Å². The van der Waals surface area contributed by atoms with Gasteiger partial charge in [0.2, 0.25) is 0 Å². The number of aryl methyl sites for hydroxylation is 1. The van der Waals surface area contributed by atoms with Crippen LogP contribution >= 0.6 is 0 Å². The molecule has 0 aliphatic heterocycles. The number of rotatable bonds is 10. The Balaban J connectivity index is 2.28. The van der Waals surface area contributed by atoms with Gasteiger partial charge in [-0.2, -0.15) is 0 Å². The highest BCUT2D eigenvalue weighted by Gasteiger charge is 2.03. The molecule has 120 valence electrons. The molecular formula is C18H32N2O. The topological polar surface area (TPSA) is 47.3 Å². The summed E-state index contributed by atoms with van der Waals surface area (Å²) in [4.78, 5) is 0. The van der Waals surface area contributed by atoms with E-state index >= 15 is 0 Å². The molecule has 0 heterocycles. The predicted molar refractivity (Wildman–Crippen MR) is 91.8 cm³/mol. The standard InChI is InChI=1S/C18H32N2O/c1-14(2)9-11-20-10-5-6-16-7-8-18(17(19)12-16)21-13-15(3)4/h7-8,12,14-15,20H,5-6,9-11,13,19H2,1-4H3. The van der Waals surface area contributed by atoms with Gasteiger partial charge in [-0.05, 0) is 61.9 Å². The highest BCUT2D eigenvalue weighted by Crippen LogP contribution is 2.23. The minimum Gasteiger partial charge on any atom is -0.491 e. The zero-order valence-corrected chi connectivity index (χ0v) is 14.1. The summed E-state index contributed by atoms with van der Waals surface area (Å²) in [6.07, 6.45) is 3.45. The Labute approximate surface area is 130 Å². The van der Waals surface area contributed by atoms with Crippen LogP contribution in [0.2, 0.25) is 0 Å². The van der Waals surface area contributed by atoms with Crippen molar-refractivity contribution >= 4 is 5.69 Å².